The lowest BCUT2D eigenvalue weighted by Gasteiger charge is -2.33. The summed E-state index contributed by atoms with van der Waals surface area (Å²) in [6.45, 7) is 1.15. The van der Waals surface area contributed by atoms with Gasteiger partial charge in [-0.1, -0.05) is 12.8 Å². The van der Waals surface area contributed by atoms with E-state index in [1.54, 1.807) is 12.1 Å². The third-order valence-electron chi connectivity index (χ3n) is 4.70. The fourth-order valence-electron chi connectivity index (χ4n) is 3.70. The van der Waals surface area contributed by atoms with Gasteiger partial charge in [-0.3, -0.25) is 0 Å². The van der Waals surface area contributed by atoms with Gasteiger partial charge in [0.05, 0.1) is 5.69 Å². The van der Waals surface area contributed by atoms with Crippen LogP contribution in [0, 0.1) is 11.7 Å². The molecular formula is C16H22BrFN2. The zero-order valence-electron chi connectivity index (χ0n) is 11.7. The second-order valence-electron chi connectivity index (χ2n) is 6.03. The van der Waals surface area contributed by atoms with Crippen molar-refractivity contribution in [1.82, 2.24) is 5.32 Å². The molecule has 0 aromatic heterocycles. The molecule has 3 rings (SSSR count). The highest BCUT2D eigenvalue weighted by Gasteiger charge is 2.34. The maximum Gasteiger partial charge on any atom is 0.125 e. The maximum absolute atomic E-state index is 13.4. The van der Waals surface area contributed by atoms with Crippen LogP contribution < -0.4 is 10.6 Å². The van der Waals surface area contributed by atoms with Gasteiger partial charge in [-0.05, 0) is 72.3 Å². The Hall–Kier alpha value is -0.610. The summed E-state index contributed by atoms with van der Waals surface area (Å²) >= 11 is 3.51. The number of benzene rings is 1. The number of nitrogens with one attached hydrogen (secondary N) is 2. The molecule has 3 atom stereocenters. The number of anilines is 1. The zero-order chi connectivity index (χ0) is 13.9. The molecule has 3 unspecified atom stereocenters. The summed E-state index contributed by atoms with van der Waals surface area (Å²) in [6.07, 6.45) is 7.66. The fourth-order valence-corrected chi connectivity index (χ4v) is 4.06. The average Bonchev–Trinajstić information content (AvgIpc) is 2.92. The van der Waals surface area contributed by atoms with Crippen LogP contribution in [-0.4, -0.2) is 18.6 Å². The molecule has 0 amide bonds. The summed E-state index contributed by atoms with van der Waals surface area (Å²) in [5.74, 6) is 0.492. The molecule has 110 valence electrons. The van der Waals surface area contributed by atoms with Crippen molar-refractivity contribution in [2.75, 3.05) is 11.9 Å². The summed E-state index contributed by atoms with van der Waals surface area (Å²) < 4.78 is 14.3. The lowest BCUT2D eigenvalue weighted by atomic mass is 9.88. The van der Waals surface area contributed by atoms with Crippen molar-refractivity contribution in [3.05, 3.63) is 28.5 Å². The summed E-state index contributed by atoms with van der Waals surface area (Å²) in [5, 5.41) is 7.25. The van der Waals surface area contributed by atoms with Gasteiger partial charge in [0.2, 0.25) is 0 Å². The van der Waals surface area contributed by atoms with Gasteiger partial charge in [0.15, 0.2) is 0 Å². The highest BCUT2D eigenvalue weighted by molar-refractivity contribution is 9.10. The van der Waals surface area contributed by atoms with Crippen molar-refractivity contribution in [2.24, 2.45) is 5.92 Å². The molecule has 1 heterocycles. The Balaban J connectivity index is 1.70. The predicted molar refractivity (Wildman–Crippen MR) is 84.5 cm³/mol. The van der Waals surface area contributed by atoms with E-state index in [-0.39, 0.29) is 5.82 Å². The average molecular weight is 341 g/mol. The number of hydrogen-bond acceptors (Lipinski definition) is 2. The number of halogens is 2. The molecule has 0 radical (unpaired) electrons. The van der Waals surface area contributed by atoms with Crippen LogP contribution in [0.1, 0.15) is 38.5 Å². The molecule has 4 heteroatoms. The number of hydrogen-bond donors (Lipinski definition) is 2. The third-order valence-corrected chi connectivity index (χ3v) is 5.40. The molecule has 2 N–H and O–H groups in total. The van der Waals surface area contributed by atoms with E-state index in [1.807, 2.05) is 0 Å². The summed E-state index contributed by atoms with van der Waals surface area (Å²) in [4.78, 5) is 0. The zero-order valence-corrected chi connectivity index (χ0v) is 13.3. The van der Waals surface area contributed by atoms with Gasteiger partial charge in [-0.25, -0.2) is 4.39 Å². The van der Waals surface area contributed by atoms with Crippen molar-refractivity contribution < 1.29 is 4.39 Å². The normalized spacial score (nSPS) is 30.4. The van der Waals surface area contributed by atoms with E-state index in [0.29, 0.717) is 18.0 Å². The van der Waals surface area contributed by atoms with Crippen LogP contribution in [0.2, 0.25) is 0 Å². The van der Waals surface area contributed by atoms with Crippen molar-refractivity contribution in [3.8, 4) is 0 Å². The Morgan fingerprint density at radius 3 is 2.85 bits per heavy atom. The van der Waals surface area contributed by atoms with Crippen LogP contribution in [0.3, 0.4) is 0 Å². The summed E-state index contributed by atoms with van der Waals surface area (Å²) in [6, 6.07) is 5.96. The first kappa shape index (κ1) is 14.3. The Morgan fingerprint density at radius 1 is 1.15 bits per heavy atom. The molecular weight excluding hydrogens is 319 g/mol. The Morgan fingerprint density at radius 2 is 2.05 bits per heavy atom. The van der Waals surface area contributed by atoms with Crippen molar-refractivity contribution in [3.63, 3.8) is 0 Å². The standard InChI is InChI=1S/C16H22BrFN2/c17-13-8-7-11(18)10-16(13)20-15-6-3-4-12(15)14-5-1-2-9-19-14/h7-8,10,12,14-15,19-20H,1-6,9H2. The summed E-state index contributed by atoms with van der Waals surface area (Å²) in [5.41, 5.74) is 0.887. The Labute approximate surface area is 128 Å². The minimum atomic E-state index is -0.180. The van der Waals surface area contributed by atoms with Gasteiger partial charge in [0.1, 0.15) is 5.82 Å². The first-order chi connectivity index (χ1) is 9.74. The molecule has 1 aromatic rings. The molecule has 2 fully saturated rings. The highest BCUT2D eigenvalue weighted by atomic mass is 79.9. The predicted octanol–water partition coefficient (Wildman–Crippen LogP) is 4.31. The second kappa shape index (κ2) is 6.44. The van der Waals surface area contributed by atoms with Crippen LogP contribution in [0.4, 0.5) is 10.1 Å². The van der Waals surface area contributed by atoms with E-state index < -0.39 is 0 Å². The Bertz CT molecular complexity index is 460. The van der Waals surface area contributed by atoms with E-state index in [0.717, 1.165) is 16.7 Å². The first-order valence-electron chi connectivity index (χ1n) is 7.69. The van der Waals surface area contributed by atoms with Crippen LogP contribution >= 0.6 is 15.9 Å². The summed E-state index contributed by atoms with van der Waals surface area (Å²) in [7, 11) is 0. The molecule has 1 saturated heterocycles. The minimum absolute atomic E-state index is 0.180. The topological polar surface area (TPSA) is 24.1 Å². The van der Waals surface area contributed by atoms with Gasteiger partial charge in [0, 0.05) is 16.6 Å². The van der Waals surface area contributed by atoms with Gasteiger partial charge in [0.25, 0.3) is 0 Å². The van der Waals surface area contributed by atoms with Crippen molar-refractivity contribution >= 4 is 21.6 Å². The number of rotatable bonds is 3. The first-order valence-corrected chi connectivity index (χ1v) is 8.48. The number of piperidine rings is 1. The molecule has 1 aliphatic carbocycles. The monoisotopic (exact) mass is 340 g/mol. The van der Waals surface area contributed by atoms with Crippen LogP contribution in [0.15, 0.2) is 22.7 Å². The fraction of sp³-hybridized carbons (Fsp3) is 0.625. The quantitative estimate of drug-likeness (QED) is 0.856. The van der Waals surface area contributed by atoms with Crippen LogP contribution in [-0.2, 0) is 0 Å². The largest absolute Gasteiger partial charge is 0.381 e. The van der Waals surface area contributed by atoms with E-state index in [9.17, 15) is 4.39 Å². The molecule has 1 aromatic carbocycles. The maximum atomic E-state index is 13.4. The smallest absolute Gasteiger partial charge is 0.125 e. The molecule has 2 aliphatic rings. The Kier molecular flexibility index (Phi) is 4.61. The molecule has 20 heavy (non-hydrogen) atoms. The van der Waals surface area contributed by atoms with Gasteiger partial charge in [-0.2, -0.15) is 0 Å². The SMILES string of the molecule is Fc1ccc(Br)c(NC2CCCC2C2CCCCN2)c1. The minimum Gasteiger partial charge on any atom is -0.381 e. The second-order valence-corrected chi connectivity index (χ2v) is 6.88. The van der Waals surface area contributed by atoms with E-state index in [2.05, 4.69) is 26.6 Å². The van der Waals surface area contributed by atoms with Gasteiger partial charge < -0.3 is 10.6 Å². The van der Waals surface area contributed by atoms with Crippen molar-refractivity contribution in [1.29, 1.82) is 0 Å². The molecule has 1 saturated carbocycles. The van der Waals surface area contributed by atoms with Crippen LogP contribution in [0.5, 0.6) is 0 Å². The lowest BCUT2D eigenvalue weighted by molar-refractivity contribution is 0.286. The lowest BCUT2D eigenvalue weighted by Crippen LogP contribution is -2.44. The molecule has 1 aliphatic heterocycles. The molecule has 0 spiro atoms. The molecule has 0 bridgehead atoms. The molecule has 2 nitrogen and oxygen atoms in total. The van der Waals surface area contributed by atoms with Crippen molar-refractivity contribution in [2.45, 2.75) is 50.6 Å². The van der Waals surface area contributed by atoms with E-state index >= 15 is 0 Å². The highest BCUT2D eigenvalue weighted by Crippen LogP contribution is 2.35. The third kappa shape index (κ3) is 3.17. The van der Waals surface area contributed by atoms with Gasteiger partial charge in [-0.15, -0.1) is 0 Å². The van der Waals surface area contributed by atoms with E-state index in [4.69, 9.17) is 0 Å². The van der Waals surface area contributed by atoms with Gasteiger partial charge >= 0.3 is 0 Å². The van der Waals surface area contributed by atoms with Crippen LogP contribution in [0.25, 0.3) is 0 Å². The van der Waals surface area contributed by atoms with E-state index in [1.165, 1.54) is 44.6 Å².